The van der Waals surface area contributed by atoms with Crippen LogP contribution in [0.5, 0.6) is 5.75 Å². The van der Waals surface area contributed by atoms with E-state index < -0.39 is 0 Å². The molecule has 0 radical (unpaired) electrons. The minimum atomic E-state index is -0.290. The molecule has 1 aliphatic rings. The summed E-state index contributed by atoms with van der Waals surface area (Å²) in [5, 5.41) is 2.88. The van der Waals surface area contributed by atoms with Crippen molar-refractivity contribution in [3.05, 3.63) is 36.2 Å². The van der Waals surface area contributed by atoms with Crippen LogP contribution in [-0.2, 0) is 16.0 Å². The second-order valence-corrected chi connectivity index (χ2v) is 5.42. The molecule has 6 nitrogen and oxygen atoms in total. The van der Waals surface area contributed by atoms with Crippen molar-refractivity contribution >= 4 is 5.91 Å². The summed E-state index contributed by atoms with van der Waals surface area (Å²) in [7, 11) is 1.63. The summed E-state index contributed by atoms with van der Waals surface area (Å²) in [5.41, 5.74) is 1.70. The van der Waals surface area contributed by atoms with Crippen LogP contribution < -0.4 is 10.1 Å². The van der Waals surface area contributed by atoms with Crippen molar-refractivity contribution in [1.29, 1.82) is 0 Å². The number of hydrogen-bond acceptors (Lipinski definition) is 5. The first-order valence-corrected chi connectivity index (χ1v) is 7.74. The van der Waals surface area contributed by atoms with Crippen LogP contribution in [0, 0.1) is 0 Å². The van der Waals surface area contributed by atoms with Gasteiger partial charge in [0, 0.05) is 25.1 Å². The van der Waals surface area contributed by atoms with E-state index in [1.54, 1.807) is 13.4 Å². The molecular formula is C17H20N2O4. The van der Waals surface area contributed by atoms with E-state index in [9.17, 15) is 4.79 Å². The van der Waals surface area contributed by atoms with Crippen LogP contribution in [0.2, 0.25) is 0 Å². The molecule has 0 spiro atoms. The summed E-state index contributed by atoms with van der Waals surface area (Å²) in [5.74, 6) is 1.31. The maximum Gasteiger partial charge on any atom is 0.249 e. The van der Waals surface area contributed by atoms with E-state index in [4.69, 9.17) is 13.9 Å². The predicted octanol–water partition coefficient (Wildman–Crippen LogP) is 2.19. The number of ether oxygens (including phenoxy) is 2. The lowest BCUT2D eigenvalue weighted by Gasteiger charge is -2.09. The molecule has 1 aromatic carbocycles. The molecule has 1 N–H and O–H groups in total. The van der Waals surface area contributed by atoms with Gasteiger partial charge < -0.3 is 19.2 Å². The Hall–Kier alpha value is -2.34. The maximum atomic E-state index is 11.8. The number of carbonyl (C=O) groups excluding carboxylic acids is 1. The Kier molecular flexibility index (Phi) is 4.92. The van der Waals surface area contributed by atoms with Gasteiger partial charge in [-0.3, -0.25) is 4.79 Å². The normalized spacial score (nSPS) is 17.2. The Bertz CT molecular complexity index is 645. The third kappa shape index (κ3) is 3.90. The van der Waals surface area contributed by atoms with Gasteiger partial charge in [0.1, 0.15) is 18.1 Å². The van der Waals surface area contributed by atoms with E-state index in [0.717, 1.165) is 29.8 Å². The van der Waals surface area contributed by atoms with Crippen molar-refractivity contribution in [1.82, 2.24) is 10.3 Å². The highest BCUT2D eigenvalue weighted by molar-refractivity contribution is 5.80. The molecule has 122 valence electrons. The Balaban J connectivity index is 1.51. The fourth-order valence-electron chi connectivity index (χ4n) is 2.50. The summed E-state index contributed by atoms with van der Waals surface area (Å²) in [4.78, 5) is 16.3. The van der Waals surface area contributed by atoms with Gasteiger partial charge in [-0.25, -0.2) is 4.98 Å². The van der Waals surface area contributed by atoms with E-state index in [2.05, 4.69) is 10.3 Å². The molecule has 1 amide bonds. The van der Waals surface area contributed by atoms with Crippen LogP contribution >= 0.6 is 0 Å². The number of hydrogen-bond donors (Lipinski definition) is 1. The average Bonchev–Trinajstić information content (AvgIpc) is 3.27. The Labute approximate surface area is 134 Å². The summed E-state index contributed by atoms with van der Waals surface area (Å²) < 4.78 is 16.0. The largest absolute Gasteiger partial charge is 0.497 e. The standard InChI is InChI=1S/C17H20N2O4/c1-21-14-6-4-12(5-7-14)17-19-13(11-23-17)8-9-18-16(20)15-3-2-10-22-15/h4-7,11,15H,2-3,8-10H2,1H3,(H,18,20)/t15-/m1/s1. The Morgan fingerprint density at radius 2 is 2.22 bits per heavy atom. The van der Waals surface area contributed by atoms with Gasteiger partial charge in [-0.15, -0.1) is 0 Å². The van der Waals surface area contributed by atoms with Crippen molar-refractivity contribution in [2.75, 3.05) is 20.3 Å². The second-order valence-electron chi connectivity index (χ2n) is 5.42. The molecule has 0 bridgehead atoms. The highest BCUT2D eigenvalue weighted by Crippen LogP contribution is 2.21. The average molecular weight is 316 g/mol. The number of methoxy groups -OCH3 is 1. The number of nitrogens with one attached hydrogen (secondary N) is 1. The maximum absolute atomic E-state index is 11.8. The molecule has 1 aromatic heterocycles. The molecule has 2 aromatic rings. The quantitative estimate of drug-likeness (QED) is 0.884. The Morgan fingerprint density at radius 1 is 1.39 bits per heavy atom. The number of amides is 1. The molecule has 0 unspecified atom stereocenters. The van der Waals surface area contributed by atoms with Crippen LogP contribution in [-0.4, -0.2) is 37.3 Å². The zero-order valence-corrected chi connectivity index (χ0v) is 13.1. The summed E-state index contributed by atoms with van der Waals surface area (Å²) in [6.07, 6.45) is 3.71. The highest BCUT2D eigenvalue weighted by atomic mass is 16.5. The minimum Gasteiger partial charge on any atom is -0.497 e. The molecule has 1 aliphatic heterocycles. The molecule has 23 heavy (non-hydrogen) atoms. The topological polar surface area (TPSA) is 73.6 Å². The monoisotopic (exact) mass is 316 g/mol. The fourth-order valence-corrected chi connectivity index (χ4v) is 2.50. The molecule has 0 saturated carbocycles. The third-order valence-corrected chi connectivity index (χ3v) is 3.79. The highest BCUT2D eigenvalue weighted by Gasteiger charge is 2.22. The molecule has 1 atom stereocenters. The molecule has 3 rings (SSSR count). The van der Waals surface area contributed by atoms with Crippen LogP contribution in [0.3, 0.4) is 0 Å². The lowest BCUT2D eigenvalue weighted by molar-refractivity contribution is -0.129. The number of carbonyl (C=O) groups is 1. The lowest BCUT2D eigenvalue weighted by Crippen LogP contribution is -2.35. The second kappa shape index (κ2) is 7.28. The van der Waals surface area contributed by atoms with Crippen LogP contribution in [0.15, 0.2) is 34.9 Å². The summed E-state index contributed by atoms with van der Waals surface area (Å²) in [6.45, 7) is 1.19. The fraction of sp³-hybridized carbons (Fsp3) is 0.412. The van der Waals surface area contributed by atoms with Gasteiger partial charge in [-0.2, -0.15) is 0 Å². The SMILES string of the molecule is COc1ccc(-c2nc(CCNC(=O)[C@H]3CCCO3)co2)cc1. The molecule has 0 aliphatic carbocycles. The van der Waals surface area contributed by atoms with Gasteiger partial charge in [0.05, 0.1) is 12.8 Å². The minimum absolute atomic E-state index is 0.0404. The van der Waals surface area contributed by atoms with Crippen molar-refractivity contribution in [2.45, 2.75) is 25.4 Å². The Morgan fingerprint density at radius 3 is 2.91 bits per heavy atom. The van der Waals surface area contributed by atoms with E-state index >= 15 is 0 Å². The van der Waals surface area contributed by atoms with Crippen molar-refractivity contribution < 1.29 is 18.7 Å². The number of rotatable bonds is 6. The van der Waals surface area contributed by atoms with Crippen LogP contribution in [0.25, 0.3) is 11.5 Å². The molecule has 1 fully saturated rings. The zero-order valence-electron chi connectivity index (χ0n) is 13.1. The van der Waals surface area contributed by atoms with Gasteiger partial charge in [0.15, 0.2) is 0 Å². The van der Waals surface area contributed by atoms with Crippen LogP contribution in [0.1, 0.15) is 18.5 Å². The van der Waals surface area contributed by atoms with Gasteiger partial charge in [-0.1, -0.05) is 0 Å². The molecule has 1 saturated heterocycles. The first-order chi connectivity index (χ1) is 11.3. The van der Waals surface area contributed by atoms with Crippen molar-refractivity contribution in [3.8, 4) is 17.2 Å². The van der Waals surface area contributed by atoms with E-state index in [1.165, 1.54) is 0 Å². The predicted molar refractivity (Wildman–Crippen MR) is 84.2 cm³/mol. The number of oxazole rings is 1. The van der Waals surface area contributed by atoms with E-state index in [0.29, 0.717) is 25.5 Å². The summed E-state index contributed by atoms with van der Waals surface area (Å²) >= 11 is 0. The summed E-state index contributed by atoms with van der Waals surface area (Å²) in [6, 6.07) is 7.52. The third-order valence-electron chi connectivity index (χ3n) is 3.79. The van der Waals surface area contributed by atoms with E-state index in [-0.39, 0.29) is 12.0 Å². The van der Waals surface area contributed by atoms with Gasteiger partial charge in [-0.05, 0) is 37.1 Å². The van der Waals surface area contributed by atoms with Gasteiger partial charge in [0.2, 0.25) is 11.8 Å². The number of benzene rings is 1. The lowest BCUT2D eigenvalue weighted by atomic mass is 10.2. The number of nitrogens with zero attached hydrogens (tertiary/aromatic N) is 1. The molecular weight excluding hydrogens is 296 g/mol. The van der Waals surface area contributed by atoms with Gasteiger partial charge in [0.25, 0.3) is 0 Å². The first-order valence-electron chi connectivity index (χ1n) is 7.74. The number of aromatic nitrogens is 1. The molecule has 6 heteroatoms. The first kappa shape index (κ1) is 15.6. The van der Waals surface area contributed by atoms with E-state index in [1.807, 2.05) is 24.3 Å². The molecule has 2 heterocycles. The van der Waals surface area contributed by atoms with Gasteiger partial charge >= 0.3 is 0 Å². The van der Waals surface area contributed by atoms with Crippen molar-refractivity contribution in [2.24, 2.45) is 0 Å². The smallest absolute Gasteiger partial charge is 0.249 e. The van der Waals surface area contributed by atoms with Crippen LogP contribution in [0.4, 0.5) is 0 Å². The zero-order chi connectivity index (χ0) is 16.1. The van der Waals surface area contributed by atoms with Crippen molar-refractivity contribution in [3.63, 3.8) is 0 Å².